The Balaban J connectivity index is 1.64. The van der Waals surface area contributed by atoms with Crippen LogP contribution in [-0.4, -0.2) is 26.7 Å². The zero-order valence-corrected chi connectivity index (χ0v) is 16.5. The molecular weight excluding hydrogens is 413 g/mol. The largest absolute Gasteiger partial charge is 0.604 e. The van der Waals surface area contributed by atoms with Crippen LogP contribution in [0.4, 0.5) is 13.2 Å². The lowest BCUT2D eigenvalue weighted by Gasteiger charge is -2.22. The second-order valence-corrected chi connectivity index (χ2v) is 8.88. The van der Waals surface area contributed by atoms with Gasteiger partial charge >= 0.3 is 5.51 Å². The molecule has 0 radical (unpaired) electrons. The molecule has 3 rings (SSSR count). The third-order valence-corrected chi connectivity index (χ3v) is 6.83. The molecule has 2 aliphatic heterocycles. The summed E-state index contributed by atoms with van der Waals surface area (Å²) >= 11 is -1.90. The lowest BCUT2D eigenvalue weighted by atomic mass is 9.88. The summed E-state index contributed by atoms with van der Waals surface area (Å²) in [7, 11) is 0. The van der Waals surface area contributed by atoms with Crippen molar-refractivity contribution in [2.24, 2.45) is 27.8 Å². The van der Waals surface area contributed by atoms with Crippen molar-refractivity contribution in [1.82, 2.24) is 5.32 Å². The zero-order chi connectivity index (χ0) is 20.6. The SMILES string of the molecule is CC1=NN=C2SC(C(=O)NCc3ccc([S+]([O-])C(F)(F)F)cc3)=C(N)C2C1C. The smallest absolute Gasteiger partial charge is 0.578 e. The first-order chi connectivity index (χ1) is 13.1. The van der Waals surface area contributed by atoms with Gasteiger partial charge in [0.1, 0.15) is 5.04 Å². The van der Waals surface area contributed by atoms with Gasteiger partial charge in [0.25, 0.3) is 5.91 Å². The Morgan fingerprint density at radius 1 is 1.32 bits per heavy atom. The third kappa shape index (κ3) is 4.06. The predicted molar refractivity (Wildman–Crippen MR) is 103 cm³/mol. The molecule has 1 aromatic carbocycles. The van der Waals surface area contributed by atoms with Crippen LogP contribution in [0.25, 0.3) is 0 Å². The van der Waals surface area contributed by atoms with Gasteiger partial charge in [0, 0.05) is 23.9 Å². The number of rotatable bonds is 4. The number of nitrogens with one attached hydrogen (secondary N) is 1. The Morgan fingerprint density at radius 2 is 1.96 bits per heavy atom. The molecule has 0 fully saturated rings. The van der Waals surface area contributed by atoms with Gasteiger partial charge in [-0.25, -0.2) is 0 Å². The first kappa shape index (κ1) is 20.7. The van der Waals surface area contributed by atoms with Crippen molar-refractivity contribution in [3.63, 3.8) is 0 Å². The maximum Gasteiger partial charge on any atom is 0.578 e. The number of fused-ring (bicyclic) bond motifs is 1. The first-order valence-electron chi connectivity index (χ1n) is 8.25. The zero-order valence-electron chi connectivity index (χ0n) is 14.9. The Bertz CT molecular complexity index is 881. The van der Waals surface area contributed by atoms with Gasteiger partial charge < -0.3 is 15.6 Å². The molecule has 3 atom stereocenters. The summed E-state index contributed by atoms with van der Waals surface area (Å²) in [6.45, 7) is 3.92. The molecule has 3 unspecified atom stereocenters. The fraction of sp³-hybridized carbons (Fsp3) is 0.353. The van der Waals surface area contributed by atoms with Crippen LogP contribution < -0.4 is 11.1 Å². The van der Waals surface area contributed by atoms with E-state index in [-0.39, 0.29) is 29.2 Å². The minimum Gasteiger partial charge on any atom is -0.604 e. The molecule has 0 spiro atoms. The maximum absolute atomic E-state index is 12.5. The van der Waals surface area contributed by atoms with E-state index < -0.39 is 16.7 Å². The highest BCUT2D eigenvalue weighted by Crippen LogP contribution is 2.42. The molecule has 150 valence electrons. The van der Waals surface area contributed by atoms with Crippen molar-refractivity contribution in [1.29, 1.82) is 0 Å². The molecule has 0 saturated carbocycles. The van der Waals surface area contributed by atoms with E-state index in [0.717, 1.165) is 17.8 Å². The van der Waals surface area contributed by atoms with Gasteiger partial charge in [-0.2, -0.15) is 5.10 Å². The molecule has 28 heavy (non-hydrogen) atoms. The van der Waals surface area contributed by atoms with E-state index in [2.05, 4.69) is 15.5 Å². The van der Waals surface area contributed by atoms with Gasteiger partial charge in [-0.05, 0) is 24.6 Å². The molecular formula is C17H17F3N4O2S2. The van der Waals surface area contributed by atoms with Gasteiger partial charge in [-0.15, -0.1) is 18.3 Å². The molecule has 6 nitrogen and oxygen atoms in total. The number of benzene rings is 1. The molecule has 11 heteroatoms. The standard InChI is InChI=1S/C17H17F3N4O2S2/c1-8-9(2)23-24-16-12(8)13(21)14(27-16)15(25)22-7-10-3-5-11(6-4-10)28(26)17(18,19)20/h3-6,8,12H,7,21H2,1-2H3,(H,22,25). The highest BCUT2D eigenvalue weighted by molar-refractivity contribution is 8.18. The van der Waals surface area contributed by atoms with Crippen LogP contribution in [-0.2, 0) is 22.5 Å². The van der Waals surface area contributed by atoms with E-state index in [1.54, 1.807) is 0 Å². The topological polar surface area (TPSA) is 103 Å². The van der Waals surface area contributed by atoms with Crippen LogP contribution in [0.15, 0.2) is 50.0 Å². The molecule has 2 aliphatic rings. The normalized spacial score (nSPS) is 23.1. The number of allylic oxidation sites excluding steroid dienone is 1. The average Bonchev–Trinajstić information content (AvgIpc) is 2.99. The minimum atomic E-state index is -4.81. The summed E-state index contributed by atoms with van der Waals surface area (Å²) in [5.74, 6) is -0.500. The molecule has 1 aromatic rings. The Kier molecular flexibility index (Phi) is 5.78. The van der Waals surface area contributed by atoms with Crippen LogP contribution in [0.1, 0.15) is 19.4 Å². The number of hydrogen-bond donors (Lipinski definition) is 2. The number of halogens is 3. The van der Waals surface area contributed by atoms with E-state index >= 15 is 0 Å². The number of carbonyl (C=O) groups excluding carboxylic acids is 1. The predicted octanol–water partition coefficient (Wildman–Crippen LogP) is 2.89. The van der Waals surface area contributed by atoms with Crippen molar-refractivity contribution < 1.29 is 22.5 Å². The van der Waals surface area contributed by atoms with Crippen LogP contribution in [0.2, 0.25) is 0 Å². The first-order valence-corrected chi connectivity index (χ1v) is 10.2. The maximum atomic E-state index is 12.5. The van der Waals surface area contributed by atoms with Crippen LogP contribution in [0.3, 0.4) is 0 Å². The number of carbonyl (C=O) groups is 1. The molecule has 0 bridgehead atoms. The van der Waals surface area contributed by atoms with Crippen LogP contribution >= 0.6 is 11.8 Å². The fourth-order valence-electron chi connectivity index (χ4n) is 2.83. The number of amides is 1. The van der Waals surface area contributed by atoms with E-state index in [1.165, 1.54) is 23.9 Å². The lowest BCUT2D eigenvalue weighted by Crippen LogP contribution is -2.30. The third-order valence-electron chi connectivity index (χ3n) is 4.54. The quantitative estimate of drug-likeness (QED) is 0.717. The van der Waals surface area contributed by atoms with Crippen molar-refractivity contribution >= 4 is 39.6 Å². The van der Waals surface area contributed by atoms with Gasteiger partial charge in [-0.3, -0.25) is 4.79 Å². The lowest BCUT2D eigenvalue weighted by molar-refractivity contribution is -0.117. The van der Waals surface area contributed by atoms with Crippen LogP contribution in [0, 0.1) is 11.8 Å². The van der Waals surface area contributed by atoms with Crippen molar-refractivity contribution in [2.45, 2.75) is 30.8 Å². The van der Waals surface area contributed by atoms with E-state index in [0.29, 0.717) is 21.2 Å². The molecule has 1 amide bonds. The summed E-state index contributed by atoms with van der Waals surface area (Å²) in [6.07, 6.45) is 0. The fourth-order valence-corrected chi connectivity index (χ4v) is 4.64. The van der Waals surface area contributed by atoms with Crippen molar-refractivity contribution in [3.05, 3.63) is 40.4 Å². The number of thioether (sulfide) groups is 1. The summed E-state index contributed by atoms with van der Waals surface area (Å²) in [5, 5.41) is 11.6. The Hall–Kier alpha value is -1.98. The highest BCUT2D eigenvalue weighted by Gasteiger charge is 2.46. The molecule has 2 heterocycles. The average molecular weight is 430 g/mol. The summed E-state index contributed by atoms with van der Waals surface area (Å²) < 4.78 is 48.7. The second kappa shape index (κ2) is 7.80. The number of alkyl halides is 3. The van der Waals surface area contributed by atoms with Gasteiger partial charge in [0.15, 0.2) is 4.90 Å². The number of nitrogens with zero attached hydrogens (tertiary/aromatic N) is 2. The van der Waals surface area contributed by atoms with E-state index in [1.807, 2.05) is 13.8 Å². The Labute approximate surface area is 166 Å². The van der Waals surface area contributed by atoms with Crippen LogP contribution in [0.5, 0.6) is 0 Å². The highest BCUT2D eigenvalue weighted by atomic mass is 32.2. The summed E-state index contributed by atoms with van der Waals surface area (Å²) in [4.78, 5) is 12.5. The molecule has 0 aromatic heterocycles. The summed E-state index contributed by atoms with van der Waals surface area (Å²) in [6, 6.07) is 5.05. The number of nitrogens with two attached hydrogens (primary N) is 1. The van der Waals surface area contributed by atoms with Gasteiger partial charge in [0.05, 0.1) is 22.0 Å². The second-order valence-electron chi connectivity index (χ2n) is 6.37. The van der Waals surface area contributed by atoms with E-state index in [4.69, 9.17) is 5.73 Å². The number of hydrogen-bond acceptors (Lipinski definition) is 6. The van der Waals surface area contributed by atoms with Crippen molar-refractivity contribution in [3.8, 4) is 0 Å². The Morgan fingerprint density at radius 3 is 2.57 bits per heavy atom. The van der Waals surface area contributed by atoms with Crippen molar-refractivity contribution in [2.75, 3.05) is 0 Å². The van der Waals surface area contributed by atoms with E-state index in [9.17, 15) is 22.5 Å². The minimum absolute atomic E-state index is 0.0485. The van der Waals surface area contributed by atoms with Gasteiger partial charge in [-0.1, -0.05) is 30.8 Å². The summed E-state index contributed by atoms with van der Waals surface area (Å²) in [5.41, 5.74) is 3.22. The molecule has 0 saturated heterocycles. The molecule has 0 aliphatic carbocycles. The monoisotopic (exact) mass is 430 g/mol. The van der Waals surface area contributed by atoms with Gasteiger partial charge in [0.2, 0.25) is 0 Å². The molecule has 3 N–H and O–H groups in total.